The van der Waals surface area contributed by atoms with Gasteiger partial charge >= 0.3 is 0 Å². The summed E-state index contributed by atoms with van der Waals surface area (Å²) in [6.07, 6.45) is 2.84. The molecular formula is C33H31Cl2N5. The van der Waals surface area contributed by atoms with Gasteiger partial charge in [0, 0.05) is 40.3 Å². The maximum absolute atomic E-state index is 6.51. The first kappa shape index (κ1) is 26.3. The van der Waals surface area contributed by atoms with E-state index in [1.807, 2.05) is 36.5 Å². The number of hydrogen-bond acceptors (Lipinski definition) is 3. The van der Waals surface area contributed by atoms with E-state index in [0.29, 0.717) is 10.7 Å². The van der Waals surface area contributed by atoms with Gasteiger partial charge in [0.05, 0.1) is 33.8 Å². The van der Waals surface area contributed by atoms with E-state index < -0.39 is 0 Å². The van der Waals surface area contributed by atoms with Crippen LogP contribution < -0.4 is 16.4 Å². The third-order valence-corrected chi connectivity index (χ3v) is 8.25. The number of fused-ring (bicyclic) bond motifs is 2. The van der Waals surface area contributed by atoms with Crippen molar-refractivity contribution in [1.82, 2.24) is 9.97 Å². The Bertz CT molecular complexity index is 1730. The van der Waals surface area contributed by atoms with Gasteiger partial charge in [0.15, 0.2) is 0 Å². The Hall–Kier alpha value is -3.90. The fourth-order valence-electron chi connectivity index (χ4n) is 5.56. The molecule has 7 heteroatoms. The van der Waals surface area contributed by atoms with Crippen LogP contribution in [0.25, 0.3) is 33.1 Å². The van der Waals surface area contributed by atoms with Crippen molar-refractivity contribution in [1.29, 1.82) is 0 Å². The lowest BCUT2D eigenvalue weighted by Crippen LogP contribution is -2.49. The number of anilines is 2. The van der Waals surface area contributed by atoms with Gasteiger partial charge in [0.25, 0.3) is 0 Å². The number of aromatic nitrogens is 2. The molecule has 6 aromatic rings. The lowest BCUT2D eigenvalue weighted by molar-refractivity contribution is 0.426. The smallest absolute Gasteiger partial charge is 0.0693 e. The number of nitrogens with zero attached hydrogens (tertiary/aromatic N) is 1. The van der Waals surface area contributed by atoms with E-state index >= 15 is 0 Å². The molecule has 0 aliphatic carbocycles. The molecule has 1 fully saturated rings. The monoisotopic (exact) mass is 567 g/mol. The predicted octanol–water partition coefficient (Wildman–Crippen LogP) is 8.12. The van der Waals surface area contributed by atoms with Crippen LogP contribution in [0.15, 0.2) is 109 Å². The number of rotatable bonds is 3. The summed E-state index contributed by atoms with van der Waals surface area (Å²) in [5, 5.41) is 2.87. The van der Waals surface area contributed by atoms with Gasteiger partial charge in [-0.2, -0.15) is 0 Å². The SMILES string of the molecule is NC1CC(c2ccccc2)N(c2cccc3cc[nH]c23)CC1Cl.Nc1cc(Cl)cc2cc(-c3ccccc3)[nH]c12. The molecule has 1 aliphatic heterocycles. The summed E-state index contributed by atoms with van der Waals surface area (Å²) in [5.74, 6) is 0. The zero-order valence-corrected chi connectivity index (χ0v) is 23.4. The molecule has 3 heterocycles. The van der Waals surface area contributed by atoms with Crippen molar-refractivity contribution in [2.24, 2.45) is 5.73 Å². The van der Waals surface area contributed by atoms with Crippen LogP contribution in [0, 0.1) is 0 Å². The molecule has 5 nitrogen and oxygen atoms in total. The Balaban J connectivity index is 0.000000151. The van der Waals surface area contributed by atoms with Crippen LogP contribution in [0.2, 0.25) is 5.02 Å². The highest BCUT2D eigenvalue weighted by Gasteiger charge is 2.34. The number of hydrogen-bond donors (Lipinski definition) is 4. The quantitative estimate of drug-likeness (QED) is 0.128. The Labute approximate surface area is 243 Å². The highest BCUT2D eigenvalue weighted by molar-refractivity contribution is 6.31. The van der Waals surface area contributed by atoms with Gasteiger partial charge in [-0.3, -0.25) is 0 Å². The molecule has 1 aliphatic rings. The van der Waals surface area contributed by atoms with E-state index in [1.54, 1.807) is 6.07 Å². The van der Waals surface area contributed by atoms with Gasteiger partial charge in [-0.15, -0.1) is 11.6 Å². The molecule has 3 atom stereocenters. The van der Waals surface area contributed by atoms with Gasteiger partial charge in [-0.1, -0.05) is 84.4 Å². The number of nitrogens with one attached hydrogen (secondary N) is 2. The topological polar surface area (TPSA) is 86.9 Å². The van der Waals surface area contributed by atoms with E-state index in [9.17, 15) is 0 Å². The number of halogens is 2. The van der Waals surface area contributed by atoms with Crippen LogP contribution in [-0.2, 0) is 0 Å². The lowest BCUT2D eigenvalue weighted by atomic mass is 9.91. The number of nitrogens with two attached hydrogens (primary N) is 2. The first-order valence-electron chi connectivity index (χ1n) is 13.4. The van der Waals surface area contributed by atoms with Gasteiger partial charge in [0.2, 0.25) is 0 Å². The third-order valence-electron chi connectivity index (χ3n) is 7.57. The molecule has 40 heavy (non-hydrogen) atoms. The van der Waals surface area contributed by atoms with Crippen molar-refractivity contribution in [3.63, 3.8) is 0 Å². The maximum atomic E-state index is 6.51. The van der Waals surface area contributed by atoms with Crippen LogP contribution in [0.5, 0.6) is 0 Å². The van der Waals surface area contributed by atoms with Crippen molar-refractivity contribution < 1.29 is 0 Å². The number of benzene rings is 4. The molecule has 0 spiro atoms. The Kier molecular flexibility index (Phi) is 7.44. The fraction of sp³-hybridized carbons (Fsp3) is 0.152. The van der Waals surface area contributed by atoms with Gasteiger partial charge in [0.1, 0.15) is 0 Å². The summed E-state index contributed by atoms with van der Waals surface area (Å²) in [6, 6.07) is 35.2. The summed E-state index contributed by atoms with van der Waals surface area (Å²) in [7, 11) is 0. The Morgan fingerprint density at radius 2 is 1.55 bits per heavy atom. The molecule has 3 unspecified atom stereocenters. The Morgan fingerprint density at radius 3 is 2.33 bits per heavy atom. The highest BCUT2D eigenvalue weighted by atomic mass is 35.5. The zero-order chi connectivity index (χ0) is 27.6. The second-order valence-corrected chi connectivity index (χ2v) is 11.2. The number of piperidine rings is 1. The van der Waals surface area contributed by atoms with Crippen LogP contribution in [0.1, 0.15) is 18.0 Å². The molecular weight excluding hydrogens is 537 g/mol. The summed E-state index contributed by atoms with van der Waals surface area (Å²) in [6.45, 7) is 0.750. The van der Waals surface area contributed by atoms with E-state index in [2.05, 4.69) is 81.6 Å². The largest absolute Gasteiger partial charge is 0.397 e. The second kappa shape index (κ2) is 11.3. The highest BCUT2D eigenvalue weighted by Crippen LogP contribution is 2.39. The van der Waals surface area contributed by atoms with Crippen molar-refractivity contribution in [3.8, 4) is 11.3 Å². The molecule has 0 saturated carbocycles. The van der Waals surface area contributed by atoms with E-state index in [4.69, 9.17) is 34.7 Å². The zero-order valence-electron chi connectivity index (χ0n) is 21.9. The van der Waals surface area contributed by atoms with Crippen molar-refractivity contribution >= 4 is 56.4 Å². The number of para-hydroxylation sites is 1. The van der Waals surface area contributed by atoms with E-state index in [1.165, 1.54) is 16.6 Å². The minimum atomic E-state index is -0.0415. The second-order valence-electron chi connectivity index (χ2n) is 10.2. The molecule has 2 aromatic heterocycles. The van der Waals surface area contributed by atoms with Crippen LogP contribution in [0.3, 0.4) is 0 Å². The van der Waals surface area contributed by atoms with Crippen LogP contribution >= 0.6 is 23.2 Å². The predicted molar refractivity (Wildman–Crippen MR) is 170 cm³/mol. The summed E-state index contributed by atoms with van der Waals surface area (Å²) < 4.78 is 0. The van der Waals surface area contributed by atoms with Gasteiger partial charge in [-0.25, -0.2) is 0 Å². The number of H-pyrrole nitrogens is 2. The molecule has 6 N–H and O–H groups in total. The number of nitrogen functional groups attached to an aromatic ring is 1. The molecule has 1 saturated heterocycles. The van der Waals surface area contributed by atoms with Gasteiger partial charge in [-0.05, 0) is 47.9 Å². The molecule has 0 amide bonds. The summed E-state index contributed by atoms with van der Waals surface area (Å²) >= 11 is 12.5. The van der Waals surface area contributed by atoms with Crippen molar-refractivity contribution in [2.45, 2.75) is 23.9 Å². The average molecular weight is 569 g/mol. The van der Waals surface area contributed by atoms with Crippen LogP contribution in [0.4, 0.5) is 11.4 Å². The number of alkyl halides is 1. The lowest BCUT2D eigenvalue weighted by Gasteiger charge is -2.43. The first-order valence-corrected chi connectivity index (χ1v) is 14.2. The molecule has 7 rings (SSSR count). The van der Waals surface area contributed by atoms with Crippen LogP contribution in [-0.4, -0.2) is 27.9 Å². The first-order chi connectivity index (χ1) is 19.5. The minimum Gasteiger partial charge on any atom is -0.397 e. The molecule has 4 aromatic carbocycles. The van der Waals surface area contributed by atoms with Crippen molar-refractivity contribution in [2.75, 3.05) is 17.2 Å². The van der Waals surface area contributed by atoms with Crippen molar-refractivity contribution in [3.05, 3.63) is 120 Å². The molecule has 0 bridgehead atoms. The van der Waals surface area contributed by atoms with E-state index in [-0.39, 0.29) is 17.5 Å². The Morgan fingerprint density at radius 1 is 0.800 bits per heavy atom. The molecule has 0 radical (unpaired) electrons. The maximum Gasteiger partial charge on any atom is 0.0693 e. The standard InChI is InChI=1S/C19H20ClN3.C14H11ClN2/c20-15-12-23(17-8-4-7-14-9-10-22-19(14)17)18(11-16(15)21)13-5-2-1-3-6-13;15-11-6-10-7-13(9-4-2-1-3-5-9)17-14(10)12(16)8-11/h1-10,15-16,18,22H,11-12,21H2;1-8,17H,16H2. The van der Waals surface area contributed by atoms with Gasteiger partial charge < -0.3 is 26.3 Å². The average Bonchev–Trinajstić information content (AvgIpc) is 3.63. The molecule has 202 valence electrons. The normalized spacial score (nSPS) is 19.0. The summed E-state index contributed by atoms with van der Waals surface area (Å²) in [4.78, 5) is 9.09. The fourth-order valence-corrected chi connectivity index (χ4v) is 6.04. The third kappa shape index (κ3) is 5.28. The minimum absolute atomic E-state index is 0.0148. The summed E-state index contributed by atoms with van der Waals surface area (Å²) in [5.41, 5.74) is 19.6. The van der Waals surface area contributed by atoms with E-state index in [0.717, 1.165) is 40.6 Å². The number of aromatic amines is 2.